The maximum absolute atomic E-state index is 13.8. The molecule has 0 saturated carbocycles. The number of phenols is 1. The van der Waals surface area contributed by atoms with E-state index in [1.807, 2.05) is 0 Å². The number of nitrogens with two attached hydrogens (primary N) is 3. The molecule has 1 aliphatic rings. The van der Waals surface area contributed by atoms with Crippen molar-refractivity contribution >= 4 is 47.3 Å². The molecule has 0 aliphatic carbocycles. The quantitative estimate of drug-likeness (QED) is 0.0542. The van der Waals surface area contributed by atoms with Crippen LogP contribution in [0.15, 0.2) is 29.3 Å². The van der Waals surface area contributed by atoms with Crippen molar-refractivity contribution < 1.29 is 38.7 Å². The average Bonchev–Trinajstić information content (AvgIpc) is 3.03. The third kappa shape index (κ3) is 14.4. The fourth-order valence-corrected chi connectivity index (χ4v) is 5.13. The first-order valence-corrected chi connectivity index (χ1v) is 16.4. The van der Waals surface area contributed by atoms with Gasteiger partial charge in [0.2, 0.25) is 41.4 Å². The van der Waals surface area contributed by atoms with Crippen LogP contribution < -0.4 is 49.1 Å². The lowest BCUT2D eigenvalue weighted by Gasteiger charge is -2.27. The second kappa shape index (κ2) is 20.2. The number of amides is 7. The smallest absolute Gasteiger partial charge is 0.243 e. The Kier molecular flexibility index (Phi) is 16.4. The first-order chi connectivity index (χ1) is 23.6. The summed E-state index contributed by atoms with van der Waals surface area (Å²) in [5, 5.41) is 25.4. The molecule has 13 N–H and O–H groups in total. The number of nitrogens with one attached hydrogen (secondary N) is 6. The summed E-state index contributed by atoms with van der Waals surface area (Å²) in [6, 6.07) is -0.474. The molecule has 18 nitrogen and oxygen atoms in total. The normalized spacial score (nSPS) is 22.1. The maximum atomic E-state index is 13.8. The number of nitrogens with zero attached hydrogens (tertiary/aromatic N) is 1. The minimum absolute atomic E-state index is 0.0113. The third-order valence-electron chi connectivity index (χ3n) is 7.80. The first kappa shape index (κ1) is 40.8. The van der Waals surface area contributed by atoms with Gasteiger partial charge in [0.15, 0.2) is 5.96 Å². The van der Waals surface area contributed by atoms with Gasteiger partial charge in [0.1, 0.15) is 36.0 Å². The molecule has 0 unspecified atom stereocenters. The van der Waals surface area contributed by atoms with E-state index in [1.165, 1.54) is 19.1 Å². The van der Waals surface area contributed by atoms with Crippen LogP contribution in [0.25, 0.3) is 0 Å². The van der Waals surface area contributed by atoms with E-state index in [0.717, 1.165) is 0 Å². The highest BCUT2D eigenvalue weighted by atomic mass is 16.3. The highest BCUT2D eigenvalue weighted by molar-refractivity contribution is 5.99. The maximum Gasteiger partial charge on any atom is 0.243 e. The van der Waals surface area contributed by atoms with Crippen molar-refractivity contribution in [1.29, 1.82) is 0 Å². The molecular formula is C32H50N10O8. The van der Waals surface area contributed by atoms with E-state index < -0.39 is 78.0 Å². The Morgan fingerprint density at radius 2 is 1.28 bits per heavy atom. The Morgan fingerprint density at radius 1 is 0.760 bits per heavy atom. The zero-order chi connectivity index (χ0) is 37.4. The standard InChI is InChI=1S/C32H50N10O8/c1-17(2)26-31(50)41-23(15-19-9-11-20(44)12-10-19)29(48)39-22(8-6-14-37-32(34)35)27(46)38-21(7-4-5-13-36-18(3)43)28(47)40-24(16-25(33)45)30(49)42-26/h9-12,17,21-24,26,44H,4-8,13-16H2,1-3H3,(H2,33,45)(H,36,43)(H,38,46)(H,39,48)(H,40,47)(H,41,50)(H,42,49)(H4,34,35,37)/t21-,22-,23+,24-,26-/m0/s1. The molecule has 2 rings (SSSR count). The van der Waals surface area contributed by atoms with Crippen LogP contribution in [0.3, 0.4) is 0 Å². The predicted octanol–water partition coefficient (Wildman–Crippen LogP) is -2.74. The topological polar surface area (TPSA) is 302 Å². The molecule has 0 aromatic heterocycles. The van der Waals surface area contributed by atoms with Crippen LogP contribution in [-0.2, 0) is 40.0 Å². The summed E-state index contributed by atoms with van der Waals surface area (Å²) in [6.07, 6.45) is 0.484. The molecule has 1 fully saturated rings. The van der Waals surface area contributed by atoms with Gasteiger partial charge in [-0.25, -0.2) is 0 Å². The summed E-state index contributed by atoms with van der Waals surface area (Å²) in [4.78, 5) is 95.5. The van der Waals surface area contributed by atoms with E-state index in [0.29, 0.717) is 24.9 Å². The SMILES string of the molecule is CC(=O)NCCCC[C@@H]1NC(=O)[C@H](CCCN=C(N)N)NC(=O)[C@@H](Cc2ccc(O)cc2)NC(=O)[C@H](C(C)C)NC(=O)[C@H](CC(N)=O)NC1=O. The molecule has 0 spiro atoms. The van der Waals surface area contributed by atoms with Crippen molar-refractivity contribution in [2.24, 2.45) is 28.1 Å². The van der Waals surface area contributed by atoms with E-state index in [1.54, 1.807) is 26.0 Å². The summed E-state index contributed by atoms with van der Waals surface area (Å²) in [6.45, 7) is 5.11. The van der Waals surface area contributed by atoms with Gasteiger partial charge in [0.25, 0.3) is 0 Å². The Morgan fingerprint density at radius 3 is 1.82 bits per heavy atom. The number of aliphatic imine (C=N–C) groups is 1. The molecule has 7 amide bonds. The number of rotatable bonds is 14. The number of guanidine groups is 1. The largest absolute Gasteiger partial charge is 0.508 e. The van der Waals surface area contributed by atoms with Gasteiger partial charge >= 0.3 is 0 Å². The minimum atomic E-state index is -1.50. The lowest BCUT2D eigenvalue weighted by atomic mass is 10.00. The van der Waals surface area contributed by atoms with Crippen LogP contribution in [0.4, 0.5) is 0 Å². The fourth-order valence-electron chi connectivity index (χ4n) is 5.13. The Balaban J connectivity index is 2.57. The number of hydrogen-bond acceptors (Lipinski definition) is 9. The van der Waals surface area contributed by atoms with Gasteiger partial charge in [-0.1, -0.05) is 26.0 Å². The molecule has 1 aliphatic heterocycles. The highest BCUT2D eigenvalue weighted by Crippen LogP contribution is 2.14. The monoisotopic (exact) mass is 702 g/mol. The molecule has 1 aromatic rings. The predicted molar refractivity (Wildman–Crippen MR) is 183 cm³/mol. The molecule has 276 valence electrons. The lowest BCUT2D eigenvalue weighted by Crippen LogP contribution is -2.59. The zero-order valence-corrected chi connectivity index (χ0v) is 28.6. The van der Waals surface area contributed by atoms with Crippen LogP contribution >= 0.6 is 0 Å². The van der Waals surface area contributed by atoms with Crippen LogP contribution in [0.2, 0.25) is 0 Å². The van der Waals surface area contributed by atoms with Crippen molar-refractivity contribution in [3.63, 3.8) is 0 Å². The molecule has 5 atom stereocenters. The average molecular weight is 703 g/mol. The molecule has 0 bridgehead atoms. The molecule has 1 heterocycles. The van der Waals surface area contributed by atoms with Crippen molar-refractivity contribution in [1.82, 2.24) is 31.9 Å². The van der Waals surface area contributed by atoms with Gasteiger partial charge in [0, 0.05) is 26.4 Å². The first-order valence-electron chi connectivity index (χ1n) is 16.4. The van der Waals surface area contributed by atoms with Crippen LogP contribution in [-0.4, -0.2) is 95.7 Å². The van der Waals surface area contributed by atoms with E-state index in [-0.39, 0.29) is 49.8 Å². The van der Waals surface area contributed by atoms with E-state index in [4.69, 9.17) is 17.2 Å². The summed E-state index contributed by atoms with van der Waals surface area (Å²) in [5.41, 5.74) is 16.8. The van der Waals surface area contributed by atoms with Gasteiger partial charge in [0.05, 0.1) is 6.42 Å². The Hall–Kier alpha value is -5.42. The van der Waals surface area contributed by atoms with Crippen molar-refractivity contribution in [3.05, 3.63) is 29.8 Å². The summed E-state index contributed by atoms with van der Waals surface area (Å²) in [5.74, 6) is -5.74. The van der Waals surface area contributed by atoms with Gasteiger partial charge in [-0.05, 0) is 55.7 Å². The van der Waals surface area contributed by atoms with Gasteiger partial charge in [-0.2, -0.15) is 0 Å². The molecule has 1 saturated heterocycles. The van der Waals surface area contributed by atoms with Crippen molar-refractivity contribution in [3.8, 4) is 5.75 Å². The van der Waals surface area contributed by atoms with Crippen LogP contribution in [0.1, 0.15) is 64.9 Å². The number of unbranched alkanes of at least 4 members (excludes halogenated alkanes) is 1. The van der Waals surface area contributed by atoms with E-state index in [2.05, 4.69) is 36.9 Å². The van der Waals surface area contributed by atoms with Gasteiger partial charge < -0.3 is 54.2 Å². The number of hydrogen-bond donors (Lipinski definition) is 10. The number of carbonyl (C=O) groups is 7. The van der Waals surface area contributed by atoms with Gasteiger partial charge in [-0.15, -0.1) is 0 Å². The van der Waals surface area contributed by atoms with Crippen LogP contribution in [0.5, 0.6) is 5.75 Å². The van der Waals surface area contributed by atoms with Crippen molar-refractivity contribution in [2.75, 3.05) is 13.1 Å². The molecule has 0 radical (unpaired) electrons. The number of aromatic hydroxyl groups is 1. The number of carbonyl (C=O) groups excluding carboxylic acids is 7. The summed E-state index contributed by atoms with van der Waals surface area (Å²) < 4.78 is 0. The summed E-state index contributed by atoms with van der Waals surface area (Å²) in [7, 11) is 0. The van der Waals surface area contributed by atoms with E-state index >= 15 is 0 Å². The second-order valence-corrected chi connectivity index (χ2v) is 12.4. The number of primary amides is 1. The molecular weight excluding hydrogens is 652 g/mol. The Bertz CT molecular complexity index is 1400. The molecule has 18 heteroatoms. The van der Waals surface area contributed by atoms with Crippen molar-refractivity contribution in [2.45, 2.75) is 95.9 Å². The number of benzene rings is 1. The molecule has 50 heavy (non-hydrogen) atoms. The lowest BCUT2D eigenvalue weighted by molar-refractivity contribution is -0.135. The highest BCUT2D eigenvalue weighted by Gasteiger charge is 2.35. The van der Waals surface area contributed by atoms with E-state index in [9.17, 15) is 38.7 Å². The third-order valence-corrected chi connectivity index (χ3v) is 7.80. The van der Waals surface area contributed by atoms with Crippen LogP contribution in [0, 0.1) is 5.92 Å². The molecule has 1 aromatic carbocycles. The summed E-state index contributed by atoms with van der Waals surface area (Å²) >= 11 is 0. The Labute approximate surface area is 290 Å². The fraction of sp³-hybridized carbons (Fsp3) is 0.562. The second-order valence-electron chi connectivity index (χ2n) is 12.4. The number of phenolic OH excluding ortho intramolecular Hbond substituents is 1. The minimum Gasteiger partial charge on any atom is -0.508 e. The zero-order valence-electron chi connectivity index (χ0n) is 28.6. The van der Waals surface area contributed by atoms with Gasteiger partial charge in [-0.3, -0.25) is 38.6 Å².